The molecule has 1 atom stereocenters. The highest BCUT2D eigenvalue weighted by Gasteiger charge is 2.12. The van der Waals surface area contributed by atoms with Gasteiger partial charge in [0.2, 0.25) is 0 Å². The van der Waals surface area contributed by atoms with Crippen LogP contribution in [-0.4, -0.2) is 19.4 Å². The summed E-state index contributed by atoms with van der Waals surface area (Å²) in [5.41, 5.74) is 0. The largest absolute Gasteiger partial charge is 0.362 e. The summed E-state index contributed by atoms with van der Waals surface area (Å²) in [4.78, 5) is 0. The van der Waals surface area contributed by atoms with Crippen molar-refractivity contribution in [1.29, 1.82) is 0 Å². The van der Waals surface area contributed by atoms with Gasteiger partial charge in [0.25, 0.3) is 0 Å². The zero-order chi connectivity index (χ0) is 10.8. The minimum Gasteiger partial charge on any atom is -0.362 e. The van der Waals surface area contributed by atoms with Crippen LogP contribution in [-0.2, 0) is 4.74 Å². The van der Waals surface area contributed by atoms with E-state index in [1.54, 1.807) is 0 Å². The van der Waals surface area contributed by atoms with Crippen molar-refractivity contribution < 1.29 is 4.74 Å². The molecule has 1 heterocycles. The van der Waals surface area contributed by atoms with E-state index in [0.717, 1.165) is 13.2 Å². The highest BCUT2D eigenvalue weighted by atomic mass is 16.5. The van der Waals surface area contributed by atoms with Gasteiger partial charge in [-0.1, -0.05) is 51.9 Å². The summed E-state index contributed by atoms with van der Waals surface area (Å²) < 4.78 is 5.50. The highest BCUT2D eigenvalue weighted by molar-refractivity contribution is 4.62. The number of nitrogens with one attached hydrogen (secondary N) is 1. The molecule has 1 aliphatic rings. The van der Waals surface area contributed by atoms with Crippen molar-refractivity contribution in [3.8, 4) is 0 Å². The van der Waals surface area contributed by atoms with Gasteiger partial charge in [-0.05, 0) is 12.8 Å². The van der Waals surface area contributed by atoms with Crippen molar-refractivity contribution >= 4 is 0 Å². The Labute approximate surface area is 94.8 Å². The highest BCUT2D eigenvalue weighted by Crippen LogP contribution is 2.11. The van der Waals surface area contributed by atoms with Crippen LogP contribution in [0.1, 0.15) is 64.7 Å². The molecule has 0 radical (unpaired) electrons. The third-order valence-electron chi connectivity index (χ3n) is 3.11. The van der Waals surface area contributed by atoms with E-state index < -0.39 is 0 Å². The maximum Gasteiger partial charge on any atom is 0.108 e. The van der Waals surface area contributed by atoms with Crippen molar-refractivity contribution in [1.82, 2.24) is 5.32 Å². The molecule has 0 aliphatic carbocycles. The number of hydrogen-bond acceptors (Lipinski definition) is 2. The van der Waals surface area contributed by atoms with Crippen LogP contribution in [0.25, 0.3) is 0 Å². The Kier molecular flexibility index (Phi) is 7.94. The summed E-state index contributed by atoms with van der Waals surface area (Å²) >= 11 is 0. The van der Waals surface area contributed by atoms with Gasteiger partial charge in [0.05, 0.1) is 6.61 Å². The second-order valence-corrected chi connectivity index (χ2v) is 4.58. The van der Waals surface area contributed by atoms with Crippen molar-refractivity contribution in [3.63, 3.8) is 0 Å². The van der Waals surface area contributed by atoms with Crippen molar-refractivity contribution in [3.05, 3.63) is 0 Å². The quantitative estimate of drug-likeness (QED) is 0.592. The monoisotopic (exact) mass is 213 g/mol. The van der Waals surface area contributed by atoms with E-state index in [1.807, 2.05) is 0 Å². The normalized spacial score (nSPS) is 21.0. The average Bonchev–Trinajstić information content (AvgIpc) is 2.75. The van der Waals surface area contributed by atoms with Crippen LogP contribution >= 0.6 is 0 Å². The van der Waals surface area contributed by atoms with Crippen LogP contribution in [0, 0.1) is 0 Å². The minimum absolute atomic E-state index is 0.366. The zero-order valence-electron chi connectivity index (χ0n) is 10.3. The molecule has 0 aromatic heterocycles. The van der Waals surface area contributed by atoms with Gasteiger partial charge < -0.3 is 4.74 Å². The molecule has 2 nitrogen and oxygen atoms in total. The molecule has 1 aliphatic heterocycles. The topological polar surface area (TPSA) is 21.3 Å². The first-order chi connectivity index (χ1) is 7.43. The second-order valence-electron chi connectivity index (χ2n) is 4.58. The molecule has 90 valence electrons. The lowest BCUT2D eigenvalue weighted by atomic mass is 10.1. The molecule has 2 heteroatoms. The summed E-state index contributed by atoms with van der Waals surface area (Å²) in [6, 6.07) is 0. The third-order valence-corrected chi connectivity index (χ3v) is 3.11. The molecule has 0 aromatic rings. The Balaban J connectivity index is 1.73. The van der Waals surface area contributed by atoms with Gasteiger partial charge in [0.15, 0.2) is 0 Å². The zero-order valence-corrected chi connectivity index (χ0v) is 10.3. The lowest BCUT2D eigenvalue weighted by Gasteiger charge is -2.08. The van der Waals surface area contributed by atoms with Gasteiger partial charge in [-0.25, -0.2) is 0 Å². The lowest BCUT2D eigenvalue weighted by molar-refractivity contribution is 0.0919. The van der Waals surface area contributed by atoms with Crippen LogP contribution in [0.5, 0.6) is 0 Å². The SMILES string of the molecule is CCCCCCCCCCC1NCCO1. The third kappa shape index (κ3) is 6.91. The van der Waals surface area contributed by atoms with Crippen molar-refractivity contribution in [2.75, 3.05) is 13.2 Å². The molecule has 0 aromatic carbocycles. The molecule has 0 saturated carbocycles. The van der Waals surface area contributed by atoms with Crippen LogP contribution in [0.2, 0.25) is 0 Å². The predicted molar refractivity (Wildman–Crippen MR) is 65.0 cm³/mol. The van der Waals surface area contributed by atoms with Gasteiger partial charge in [-0.2, -0.15) is 0 Å². The van der Waals surface area contributed by atoms with Crippen molar-refractivity contribution in [2.24, 2.45) is 0 Å². The van der Waals surface area contributed by atoms with E-state index in [0.29, 0.717) is 6.23 Å². The smallest absolute Gasteiger partial charge is 0.108 e. The Morgan fingerprint density at radius 3 is 2.27 bits per heavy atom. The first kappa shape index (κ1) is 13.0. The summed E-state index contributed by atoms with van der Waals surface area (Å²) in [5.74, 6) is 0. The van der Waals surface area contributed by atoms with Gasteiger partial charge >= 0.3 is 0 Å². The summed E-state index contributed by atoms with van der Waals surface area (Å²) in [6.45, 7) is 4.22. The summed E-state index contributed by atoms with van der Waals surface area (Å²) in [7, 11) is 0. The second kappa shape index (κ2) is 9.17. The minimum atomic E-state index is 0.366. The lowest BCUT2D eigenvalue weighted by Crippen LogP contribution is -2.21. The first-order valence-electron chi connectivity index (χ1n) is 6.78. The van der Waals surface area contributed by atoms with Crippen LogP contribution in [0.15, 0.2) is 0 Å². The van der Waals surface area contributed by atoms with Gasteiger partial charge in [0, 0.05) is 6.54 Å². The molecule has 0 spiro atoms. The Hall–Kier alpha value is -0.0800. The standard InChI is InChI=1S/C13H27NO/c1-2-3-4-5-6-7-8-9-10-13-14-11-12-15-13/h13-14H,2-12H2,1H3. The summed E-state index contributed by atoms with van der Waals surface area (Å²) in [6.07, 6.45) is 12.8. The van der Waals surface area contributed by atoms with Crippen LogP contribution in [0.3, 0.4) is 0 Å². The van der Waals surface area contributed by atoms with E-state index >= 15 is 0 Å². The number of ether oxygens (including phenoxy) is 1. The molecule has 1 unspecified atom stereocenters. The Morgan fingerprint density at radius 1 is 1.00 bits per heavy atom. The molecule has 1 fully saturated rings. The predicted octanol–water partition coefficient (Wildman–Crippen LogP) is 3.46. The molecule has 0 amide bonds. The van der Waals surface area contributed by atoms with Gasteiger partial charge in [0.1, 0.15) is 6.23 Å². The van der Waals surface area contributed by atoms with E-state index in [9.17, 15) is 0 Å². The first-order valence-corrected chi connectivity index (χ1v) is 6.78. The van der Waals surface area contributed by atoms with E-state index in [-0.39, 0.29) is 0 Å². The molecule has 1 N–H and O–H groups in total. The maximum absolute atomic E-state index is 5.50. The molecule has 15 heavy (non-hydrogen) atoms. The molecular formula is C13H27NO. The maximum atomic E-state index is 5.50. The number of unbranched alkanes of at least 4 members (excludes halogenated alkanes) is 7. The fourth-order valence-electron chi connectivity index (χ4n) is 2.13. The summed E-state index contributed by atoms with van der Waals surface area (Å²) in [5, 5.41) is 3.35. The Morgan fingerprint density at radius 2 is 1.67 bits per heavy atom. The fraction of sp³-hybridized carbons (Fsp3) is 1.00. The molecule has 1 saturated heterocycles. The number of hydrogen-bond donors (Lipinski definition) is 1. The van der Waals surface area contributed by atoms with E-state index in [1.165, 1.54) is 57.8 Å². The van der Waals surface area contributed by atoms with E-state index in [2.05, 4.69) is 12.2 Å². The van der Waals surface area contributed by atoms with Gasteiger partial charge in [-0.3, -0.25) is 5.32 Å². The van der Waals surface area contributed by atoms with Crippen molar-refractivity contribution in [2.45, 2.75) is 70.9 Å². The molecule has 0 bridgehead atoms. The fourth-order valence-corrected chi connectivity index (χ4v) is 2.13. The van der Waals surface area contributed by atoms with E-state index in [4.69, 9.17) is 4.74 Å². The van der Waals surface area contributed by atoms with Crippen LogP contribution < -0.4 is 5.32 Å². The number of rotatable bonds is 9. The average molecular weight is 213 g/mol. The molecule has 1 rings (SSSR count). The Bertz CT molecular complexity index is 132. The van der Waals surface area contributed by atoms with Gasteiger partial charge in [-0.15, -0.1) is 0 Å². The molecular weight excluding hydrogens is 186 g/mol. The van der Waals surface area contributed by atoms with Crippen LogP contribution in [0.4, 0.5) is 0 Å².